The summed E-state index contributed by atoms with van der Waals surface area (Å²) in [4.78, 5) is 30.8. The highest BCUT2D eigenvalue weighted by molar-refractivity contribution is 6.33. The van der Waals surface area contributed by atoms with Crippen molar-refractivity contribution >= 4 is 23.4 Å². The van der Waals surface area contributed by atoms with Crippen LogP contribution in [0.2, 0.25) is 5.02 Å². The topological polar surface area (TPSA) is 104 Å². The van der Waals surface area contributed by atoms with Gasteiger partial charge in [-0.2, -0.15) is 5.10 Å². The molecule has 2 amide bonds. The Morgan fingerprint density at radius 1 is 1.29 bits per heavy atom. The van der Waals surface area contributed by atoms with Gasteiger partial charge in [0.05, 0.1) is 48.9 Å². The SMILES string of the molecule is CN(C)C(=O)COc1cccc(-n2ncc3c2COC[C@H]3NC(=O)c2ncn3c2CCCC3)c1Cl. The van der Waals surface area contributed by atoms with Gasteiger partial charge in [-0.1, -0.05) is 17.7 Å². The molecule has 0 spiro atoms. The number of benzene rings is 1. The van der Waals surface area contributed by atoms with Crippen LogP contribution in [0, 0.1) is 0 Å². The van der Waals surface area contributed by atoms with Crippen LogP contribution in [0.25, 0.3) is 5.69 Å². The molecule has 0 bridgehead atoms. The molecule has 2 aliphatic heterocycles. The molecule has 4 heterocycles. The third-order valence-electron chi connectivity index (χ3n) is 6.35. The summed E-state index contributed by atoms with van der Waals surface area (Å²) in [7, 11) is 3.33. The van der Waals surface area contributed by atoms with Gasteiger partial charge < -0.3 is 24.3 Å². The van der Waals surface area contributed by atoms with E-state index in [0.29, 0.717) is 35.4 Å². The van der Waals surface area contributed by atoms with Gasteiger partial charge >= 0.3 is 0 Å². The van der Waals surface area contributed by atoms with Crippen molar-refractivity contribution < 1.29 is 19.1 Å². The number of hydrogen-bond acceptors (Lipinski definition) is 6. The Bertz CT molecular complexity index is 1270. The molecular weight excluding hydrogens is 472 g/mol. The van der Waals surface area contributed by atoms with Gasteiger partial charge in [-0.15, -0.1) is 0 Å². The fourth-order valence-corrected chi connectivity index (χ4v) is 4.67. The monoisotopic (exact) mass is 498 g/mol. The first-order valence-electron chi connectivity index (χ1n) is 11.5. The number of rotatable bonds is 6. The van der Waals surface area contributed by atoms with Crippen molar-refractivity contribution in [3.63, 3.8) is 0 Å². The number of aryl methyl sites for hydroxylation is 1. The molecule has 2 aliphatic rings. The van der Waals surface area contributed by atoms with Gasteiger partial charge in [-0.3, -0.25) is 9.59 Å². The lowest BCUT2D eigenvalue weighted by Crippen LogP contribution is -2.35. The summed E-state index contributed by atoms with van der Waals surface area (Å²) in [5.41, 5.74) is 3.71. The minimum Gasteiger partial charge on any atom is -0.482 e. The van der Waals surface area contributed by atoms with Crippen LogP contribution in [0.4, 0.5) is 0 Å². The van der Waals surface area contributed by atoms with E-state index in [1.807, 2.05) is 6.07 Å². The smallest absolute Gasteiger partial charge is 0.272 e. The van der Waals surface area contributed by atoms with Crippen LogP contribution in [0.15, 0.2) is 30.7 Å². The fourth-order valence-electron chi connectivity index (χ4n) is 4.41. The second kappa shape index (κ2) is 9.71. The number of likely N-dealkylation sites (N-methyl/N-ethyl adjacent to an activating group) is 1. The molecule has 1 N–H and O–H groups in total. The van der Waals surface area contributed by atoms with Crippen LogP contribution in [0.5, 0.6) is 5.75 Å². The molecule has 0 saturated heterocycles. The van der Waals surface area contributed by atoms with Gasteiger partial charge in [-0.25, -0.2) is 9.67 Å². The lowest BCUT2D eigenvalue weighted by atomic mass is 10.0. The fraction of sp³-hybridized carbons (Fsp3) is 0.417. The van der Waals surface area contributed by atoms with Gasteiger partial charge in [0.1, 0.15) is 16.5 Å². The van der Waals surface area contributed by atoms with E-state index in [2.05, 4.69) is 20.0 Å². The summed E-state index contributed by atoms with van der Waals surface area (Å²) in [6.07, 6.45) is 6.48. The quantitative estimate of drug-likeness (QED) is 0.560. The molecule has 0 aliphatic carbocycles. The zero-order valence-corrected chi connectivity index (χ0v) is 20.4. The molecule has 0 saturated carbocycles. The summed E-state index contributed by atoms with van der Waals surface area (Å²) in [5.74, 6) is -0.00232. The minimum atomic E-state index is -0.364. The molecule has 0 unspecified atom stereocenters. The maximum absolute atomic E-state index is 13.1. The second-order valence-corrected chi connectivity index (χ2v) is 9.23. The van der Waals surface area contributed by atoms with Crippen molar-refractivity contribution in [1.82, 2.24) is 29.5 Å². The molecule has 184 valence electrons. The number of imidazole rings is 1. The highest BCUT2D eigenvalue weighted by Crippen LogP contribution is 2.34. The van der Waals surface area contributed by atoms with Gasteiger partial charge in [0, 0.05) is 26.2 Å². The average Bonchev–Trinajstić information content (AvgIpc) is 3.48. The van der Waals surface area contributed by atoms with Crippen molar-refractivity contribution in [2.24, 2.45) is 0 Å². The molecule has 0 radical (unpaired) electrons. The largest absolute Gasteiger partial charge is 0.482 e. The molecule has 35 heavy (non-hydrogen) atoms. The predicted octanol–water partition coefficient (Wildman–Crippen LogP) is 2.53. The molecule has 11 heteroatoms. The van der Waals surface area contributed by atoms with E-state index in [-0.39, 0.29) is 24.5 Å². The van der Waals surface area contributed by atoms with E-state index in [1.165, 1.54) is 4.90 Å². The number of hydrogen-bond donors (Lipinski definition) is 1. The summed E-state index contributed by atoms with van der Waals surface area (Å²) < 4.78 is 15.2. The number of carbonyl (C=O) groups is 2. The van der Waals surface area contributed by atoms with Crippen LogP contribution in [0.1, 0.15) is 46.3 Å². The Kier molecular flexibility index (Phi) is 6.48. The number of aromatic nitrogens is 4. The second-order valence-electron chi connectivity index (χ2n) is 8.86. The summed E-state index contributed by atoms with van der Waals surface area (Å²) in [6, 6.07) is 4.94. The van der Waals surface area contributed by atoms with Crippen molar-refractivity contribution in [3.05, 3.63) is 58.4 Å². The Labute approximate surface area is 207 Å². The molecule has 0 fully saturated rings. The standard InChI is InChI=1S/C24H27ClN6O4/c1-29(2)21(32)13-35-20-8-5-7-17(22(20)25)31-19-12-34-11-16(15(19)10-27-31)28-24(33)23-18-6-3-4-9-30(18)14-26-23/h5,7-8,10,14,16H,3-4,6,9,11-13H2,1-2H3,(H,28,33)/t16-/m1/s1. The number of nitrogens with zero attached hydrogens (tertiary/aromatic N) is 5. The van der Waals surface area contributed by atoms with E-state index >= 15 is 0 Å². The average molecular weight is 499 g/mol. The number of halogens is 1. The Morgan fingerprint density at radius 2 is 2.14 bits per heavy atom. The third kappa shape index (κ3) is 4.51. The first kappa shape index (κ1) is 23.4. The molecule has 5 rings (SSSR count). The van der Waals surface area contributed by atoms with E-state index < -0.39 is 0 Å². The molecule has 1 atom stereocenters. The number of ether oxygens (including phenoxy) is 2. The predicted molar refractivity (Wildman–Crippen MR) is 128 cm³/mol. The van der Waals surface area contributed by atoms with Crippen LogP contribution in [0.3, 0.4) is 0 Å². The summed E-state index contributed by atoms with van der Waals surface area (Å²) in [6.45, 7) is 1.43. The molecular formula is C24H27ClN6O4. The highest BCUT2D eigenvalue weighted by atomic mass is 35.5. The highest BCUT2D eigenvalue weighted by Gasteiger charge is 2.30. The van der Waals surface area contributed by atoms with Crippen LogP contribution < -0.4 is 10.1 Å². The molecule has 1 aromatic carbocycles. The van der Waals surface area contributed by atoms with Crippen molar-refractivity contribution in [1.29, 1.82) is 0 Å². The van der Waals surface area contributed by atoms with E-state index in [1.54, 1.807) is 43.4 Å². The van der Waals surface area contributed by atoms with Gasteiger partial charge in [0.15, 0.2) is 6.61 Å². The lowest BCUT2D eigenvalue weighted by molar-refractivity contribution is -0.130. The van der Waals surface area contributed by atoms with Crippen LogP contribution in [-0.2, 0) is 29.1 Å². The Hall–Kier alpha value is -3.37. The Morgan fingerprint density at radius 3 is 2.97 bits per heavy atom. The molecule has 3 aromatic rings. The number of carbonyl (C=O) groups excluding carboxylic acids is 2. The zero-order chi connectivity index (χ0) is 24.5. The van der Waals surface area contributed by atoms with Crippen molar-refractivity contribution in [2.45, 2.75) is 38.5 Å². The third-order valence-corrected chi connectivity index (χ3v) is 6.73. The van der Waals surface area contributed by atoms with Gasteiger partial charge in [0.25, 0.3) is 11.8 Å². The lowest BCUT2D eigenvalue weighted by Gasteiger charge is -2.25. The molecule has 10 nitrogen and oxygen atoms in total. The number of nitrogens with one attached hydrogen (secondary N) is 1. The van der Waals surface area contributed by atoms with Crippen molar-refractivity contribution in [3.8, 4) is 11.4 Å². The first-order valence-corrected chi connectivity index (χ1v) is 11.9. The maximum atomic E-state index is 13.1. The van der Waals surface area contributed by atoms with E-state index in [4.69, 9.17) is 21.1 Å². The summed E-state index contributed by atoms with van der Waals surface area (Å²) in [5, 5.41) is 7.94. The maximum Gasteiger partial charge on any atom is 0.272 e. The Balaban J connectivity index is 1.37. The van der Waals surface area contributed by atoms with Crippen LogP contribution >= 0.6 is 11.6 Å². The molecule has 2 aromatic heterocycles. The number of amides is 2. The van der Waals surface area contributed by atoms with Crippen molar-refractivity contribution in [2.75, 3.05) is 27.3 Å². The van der Waals surface area contributed by atoms with Gasteiger partial charge in [-0.05, 0) is 31.4 Å². The van der Waals surface area contributed by atoms with Gasteiger partial charge in [0.2, 0.25) is 0 Å². The van der Waals surface area contributed by atoms with E-state index in [0.717, 1.165) is 42.8 Å². The zero-order valence-electron chi connectivity index (χ0n) is 19.7. The number of fused-ring (bicyclic) bond motifs is 2. The van der Waals surface area contributed by atoms with Crippen LogP contribution in [-0.4, -0.2) is 63.4 Å². The van der Waals surface area contributed by atoms with E-state index in [9.17, 15) is 9.59 Å². The minimum absolute atomic E-state index is 0.123. The normalized spacial score (nSPS) is 16.8. The first-order chi connectivity index (χ1) is 16.9. The summed E-state index contributed by atoms with van der Waals surface area (Å²) >= 11 is 6.63.